The van der Waals surface area contributed by atoms with Crippen molar-refractivity contribution in [2.75, 3.05) is 27.3 Å². The van der Waals surface area contributed by atoms with E-state index in [1.54, 1.807) is 25.6 Å². The maximum atomic E-state index is 11.7. The monoisotopic (exact) mass is 411 g/mol. The predicted molar refractivity (Wildman–Crippen MR) is 115 cm³/mol. The number of carboxylic acids is 1. The van der Waals surface area contributed by atoms with Crippen LogP contribution >= 0.6 is 11.3 Å². The van der Waals surface area contributed by atoms with Gasteiger partial charge in [0.25, 0.3) is 0 Å². The lowest BCUT2D eigenvalue weighted by molar-refractivity contribution is -0.143. The number of carbonyl (C=O) groups is 1. The second-order valence-electron chi connectivity index (χ2n) is 7.37. The summed E-state index contributed by atoms with van der Waals surface area (Å²) in [5, 5.41) is 10.8. The average molecular weight is 412 g/mol. The van der Waals surface area contributed by atoms with Gasteiger partial charge >= 0.3 is 5.97 Å². The summed E-state index contributed by atoms with van der Waals surface area (Å²) in [4.78, 5) is 15.2. The zero-order chi connectivity index (χ0) is 20.4. The Hall–Kier alpha value is -2.57. The second-order valence-corrected chi connectivity index (χ2v) is 8.48. The third kappa shape index (κ3) is 3.95. The van der Waals surface area contributed by atoms with E-state index in [0.717, 1.165) is 36.4 Å². The van der Waals surface area contributed by atoms with Gasteiger partial charge in [-0.3, -0.25) is 9.69 Å². The van der Waals surface area contributed by atoms with Gasteiger partial charge < -0.3 is 14.6 Å². The molecule has 1 N–H and O–H groups in total. The first kappa shape index (κ1) is 19.7. The number of piperidine rings is 1. The Bertz CT molecular complexity index is 982. The van der Waals surface area contributed by atoms with E-state index < -0.39 is 5.97 Å². The fourth-order valence-corrected chi connectivity index (χ4v) is 5.37. The maximum Gasteiger partial charge on any atom is 0.307 e. The number of carboxylic acid groups (broad SMARTS) is 1. The zero-order valence-electron chi connectivity index (χ0n) is 16.6. The Balaban J connectivity index is 1.82. The van der Waals surface area contributed by atoms with Crippen LogP contribution in [0, 0.1) is 5.92 Å². The van der Waals surface area contributed by atoms with Crippen LogP contribution in [-0.4, -0.2) is 43.3 Å². The van der Waals surface area contributed by atoms with Crippen molar-refractivity contribution in [3.63, 3.8) is 0 Å². The van der Waals surface area contributed by atoms with Crippen molar-refractivity contribution in [2.24, 2.45) is 5.92 Å². The van der Waals surface area contributed by atoms with Crippen LogP contribution in [0.3, 0.4) is 0 Å². The highest BCUT2D eigenvalue weighted by molar-refractivity contribution is 7.19. The summed E-state index contributed by atoms with van der Waals surface area (Å²) in [7, 11) is 3.30. The number of rotatable bonds is 6. The molecule has 1 aliphatic rings. The van der Waals surface area contributed by atoms with Crippen LogP contribution in [0.25, 0.3) is 10.1 Å². The summed E-state index contributed by atoms with van der Waals surface area (Å²) in [6.07, 6.45) is 1.60. The number of aliphatic carboxylic acids is 1. The third-order valence-corrected chi connectivity index (χ3v) is 6.79. The first-order chi connectivity index (χ1) is 14.1. The molecule has 0 spiro atoms. The van der Waals surface area contributed by atoms with Crippen LogP contribution in [0.5, 0.6) is 11.5 Å². The van der Waals surface area contributed by atoms with Crippen molar-refractivity contribution < 1.29 is 19.4 Å². The molecule has 4 rings (SSSR count). The summed E-state index contributed by atoms with van der Waals surface area (Å²) in [6.45, 7) is 1.39. The van der Waals surface area contributed by atoms with Crippen molar-refractivity contribution >= 4 is 27.4 Å². The van der Waals surface area contributed by atoms with Gasteiger partial charge in [-0.15, -0.1) is 11.3 Å². The number of nitrogens with zero attached hydrogens (tertiary/aromatic N) is 1. The fraction of sp³-hybridized carbons (Fsp3) is 0.348. The molecule has 1 fully saturated rings. The molecule has 6 heteroatoms. The number of hydrogen-bond donors (Lipinski definition) is 1. The van der Waals surface area contributed by atoms with Gasteiger partial charge in [0, 0.05) is 27.8 Å². The summed E-state index contributed by atoms with van der Waals surface area (Å²) in [6, 6.07) is 16.4. The Morgan fingerprint density at radius 1 is 1.17 bits per heavy atom. The van der Waals surface area contributed by atoms with E-state index in [0.29, 0.717) is 6.54 Å². The van der Waals surface area contributed by atoms with Crippen molar-refractivity contribution in [1.82, 2.24) is 4.90 Å². The van der Waals surface area contributed by atoms with E-state index >= 15 is 0 Å². The van der Waals surface area contributed by atoms with Crippen LogP contribution < -0.4 is 9.47 Å². The normalized spacial score (nSPS) is 18.5. The summed E-state index contributed by atoms with van der Waals surface area (Å²) in [5.41, 5.74) is 1.03. The molecule has 2 unspecified atom stereocenters. The van der Waals surface area contributed by atoms with Gasteiger partial charge in [0.15, 0.2) is 0 Å². The Morgan fingerprint density at radius 2 is 2.00 bits per heavy atom. The number of ether oxygens (including phenoxy) is 2. The van der Waals surface area contributed by atoms with Crippen LogP contribution in [0.1, 0.15) is 29.3 Å². The van der Waals surface area contributed by atoms with Crippen LogP contribution in [0.2, 0.25) is 0 Å². The Kier molecular flexibility index (Phi) is 5.74. The molecule has 1 saturated heterocycles. The third-order valence-electron chi connectivity index (χ3n) is 5.62. The smallest absolute Gasteiger partial charge is 0.307 e. The minimum absolute atomic E-state index is 0.0598. The molecule has 0 saturated carbocycles. The molecule has 152 valence electrons. The first-order valence-electron chi connectivity index (χ1n) is 9.78. The highest BCUT2D eigenvalue weighted by Crippen LogP contribution is 2.42. The van der Waals surface area contributed by atoms with Gasteiger partial charge in [0.05, 0.1) is 26.2 Å². The molecule has 0 bridgehead atoms. The predicted octanol–water partition coefficient (Wildman–Crippen LogP) is 4.80. The van der Waals surface area contributed by atoms with E-state index in [1.807, 2.05) is 30.3 Å². The molecule has 29 heavy (non-hydrogen) atoms. The highest BCUT2D eigenvalue weighted by Gasteiger charge is 2.33. The molecule has 2 atom stereocenters. The van der Waals surface area contributed by atoms with Gasteiger partial charge in [-0.05, 0) is 49.0 Å². The first-order valence-corrected chi connectivity index (χ1v) is 10.6. The van der Waals surface area contributed by atoms with E-state index in [2.05, 4.69) is 23.1 Å². The second kappa shape index (κ2) is 8.43. The van der Waals surface area contributed by atoms with E-state index in [1.165, 1.54) is 15.0 Å². The lowest BCUT2D eigenvalue weighted by Gasteiger charge is -2.37. The number of benzene rings is 2. The topological polar surface area (TPSA) is 59.0 Å². The molecule has 0 amide bonds. The molecule has 0 aliphatic carbocycles. The minimum atomic E-state index is -0.716. The molecule has 2 aromatic carbocycles. The van der Waals surface area contributed by atoms with Crippen LogP contribution in [0.15, 0.2) is 48.5 Å². The van der Waals surface area contributed by atoms with Crippen molar-refractivity contribution in [1.29, 1.82) is 0 Å². The van der Waals surface area contributed by atoms with Crippen LogP contribution in [0.4, 0.5) is 0 Å². The Morgan fingerprint density at radius 3 is 2.72 bits per heavy atom. The van der Waals surface area contributed by atoms with E-state index in [4.69, 9.17) is 9.47 Å². The van der Waals surface area contributed by atoms with E-state index in [9.17, 15) is 9.90 Å². The molecule has 5 nitrogen and oxygen atoms in total. The number of hydrogen-bond acceptors (Lipinski definition) is 5. The van der Waals surface area contributed by atoms with Gasteiger partial charge in [-0.1, -0.05) is 18.2 Å². The van der Waals surface area contributed by atoms with Gasteiger partial charge in [-0.2, -0.15) is 0 Å². The molecule has 3 aromatic rings. The SMILES string of the molecule is COc1ccc(C(c2cc3ccccc3s2)N2CCCC(C(=O)O)C2)c(OC)c1. The zero-order valence-corrected chi connectivity index (χ0v) is 17.4. The minimum Gasteiger partial charge on any atom is -0.497 e. The number of thiophene rings is 1. The summed E-state index contributed by atoms with van der Waals surface area (Å²) >= 11 is 1.76. The lowest BCUT2D eigenvalue weighted by atomic mass is 9.93. The highest BCUT2D eigenvalue weighted by atomic mass is 32.1. The molecule has 1 aromatic heterocycles. The number of likely N-dealkylation sites (tertiary alicyclic amines) is 1. The number of methoxy groups -OCH3 is 2. The summed E-state index contributed by atoms with van der Waals surface area (Å²) < 4.78 is 12.3. The fourth-order valence-electron chi connectivity index (χ4n) is 4.15. The molecular weight excluding hydrogens is 386 g/mol. The standard InChI is InChI=1S/C23H25NO4S/c1-27-17-9-10-18(19(13-17)28-2)22(24-11-5-7-16(14-24)23(25)26)21-12-15-6-3-4-8-20(15)29-21/h3-4,6,8-10,12-13,16,22H,5,7,11,14H2,1-2H3,(H,25,26). The van der Waals surface area contributed by atoms with Gasteiger partial charge in [0.1, 0.15) is 11.5 Å². The summed E-state index contributed by atoms with van der Waals surface area (Å²) in [5.74, 6) is 0.434. The lowest BCUT2D eigenvalue weighted by Crippen LogP contribution is -2.41. The average Bonchev–Trinajstić information content (AvgIpc) is 3.18. The molecule has 2 heterocycles. The maximum absolute atomic E-state index is 11.7. The van der Waals surface area contributed by atoms with Crippen molar-refractivity contribution in [3.8, 4) is 11.5 Å². The van der Waals surface area contributed by atoms with Gasteiger partial charge in [0.2, 0.25) is 0 Å². The quantitative estimate of drug-likeness (QED) is 0.631. The largest absolute Gasteiger partial charge is 0.497 e. The molecule has 0 radical (unpaired) electrons. The van der Waals surface area contributed by atoms with E-state index in [-0.39, 0.29) is 12.0 Å². The Labute approximate surface area is 174 Å². The molecule has 1 aliphatic heterocycles. The van der Waals surface area contributed by atoms with Crippen LogP contribution in [-0.2, 0) is 4.79 Å². The van der Waals surface area contributed by atoms with Crippen molar-refractivity contribution in [3.05, 3.63) is 59.0 Å². The van der Waals surface area contributed by atoms with Crippen molar-refractivity contribution in [2.45, 2.75) is 18.9 Å². The number of fused-ring (bicyclic) bond motifs is 1. The molecular formula is C23H25NO4S. The van der Waals surface area contributed by atoms with Gasteiger partial charge in [-0.25, -0.2) is 0 Å².